The molecule has 0 aromatic carbocycles. The van der Waals surface area contributed by atoms with Gasteiger partial charge in [0.15, 0.2) is 5.76 Å². The average Bonchev–Trinajstić information content (AvgIpc) is 3.17. The molecule has 0 fully saturated rings. The molecule has 3 heterocycles. The second-order valence-corrected chi connectivity index (χ2v) is 3.60. The minimum Gasteiger partial charge on any atom is -0.360 e. The molecule has 3 rings (SSSR count). The normalized spacial score (nSPS) is 10.4. The first kappa shape index (κ1) is 12.0. The number of hydrazine groups is 1. The molecule has 0 amide bonds. The first-order valence-electron chi connectivity index (χ1n) is 5.56. The van der Waals surface area contributed by atoms with Crippen molar-refractivity contribution in [2.75, 3.05) is 10.7 Å². The standard InChI is InChI=1S/C9H10N10O/c10-18-8-15-7(12-3-6-1-2-14-20-6)16-9(17-8)19-5-11-4-13-19/h1-2,4-5H,3,10H2,(H2,12,15,16,17,18). The molecule has 3 aromatic heterocycles. The van der Waals surface area contributed by atoms with Crippen LogP contribution in [0.1, 0.15) is 5.76 Å². The van der Waals surface area contributed by atoms with Gasteiger partial charge in [0.25, 0.3) is 5.95 Å². The molecular formula is C9H10N10O. The third kappa shape index (κ3) is 2.51. The zero-order chi connectivity index (χ0) is 13.8. The predicted molar refractivity (Wildman–Crippen MR) is 66.4 cm³/mol. The predicted octanol–water partition coefficient (Wildman–Crippen LogP) is -0.662. The van der Waals surface area contributed by atoms with Crippen LogP contribution in [0, 0.1) is 0 Å². The molecule has 11 nitrogen and oxygen atoms in total. The summed E-state index contributed by atoms with van der Waals surface area (Å²) in [5, 5.41) is 10.5. The first-order valence-corrected chi connectivity index (χ1v) is 5.56. The van der Waals surface area contributed by atoms with E-state index in [4.69, 9.17) is 10.4 Å². The number of nitrogens with two attached hydrogens (primary N) is 1. The van der Waals surface area contributed by atoms with E-state index in [0.29, 0.717) is 18.3 Å². The highest BCUT2D eigenvalue weighted by Crippen LogP contribution is 2.08. The molecule has 20 heavy (non-hydrogen) atoms. The lowest BCUT2D eigenvalue weighted by Gasteiger charge is -2.06. The van der Waals surface area contributed by atoms with Crippen molar-refractivity contribution in [1.29, 1.82) is 0 Å². The van der Waals surface area contributed by atoms with Gasteiger partial charge in [-0.1, -0.05) is 5.16 Å². The topological polar surface area (TPSA) is 145 Å². The summed E-state index contributed by atoms with van der Waals surface area (Å²) < 4.78 is 6.35. The maximum absolute atomic E-state index is 5.33. The van der Waals surface area contributed by atoms with E-state index in [9.17, 15) is 0 Å². The summed E-state index contributed by atoms with van der Waals surface area (Å²) in [5.41, 5.74) is 2.36. The van der Waals surface area contributed by atoms with Gasteiger partial charge in [-0.2, -0.15) is 24.7 Å². The van der Waals surface area contributed by atoms with Gasteiger partial charge in [-0.05, 0) is 0 Å². The quantitative estimate of drug-likeness (QED) is 0.404. The molecule has 0 saturated heterocycles. The SMILES string of the molecule is NNc1nc(NCc2ccno2)nc(-n2cncn2)n1. The van der Waals surface area contributed by atoms with E-state index in [1.165, 1.54) is 17.3 Å². The van der Waals surface area contributed by atoms with Crippen LogP contribution >= 0.6 is 0 Å². The van der Waals surface area contributed by atoms with Gasteiger partial charge in [-0.15, -0.1) is 0 Å². The van der Waals surface area contributed by atoms with Crippen molar-refractivity contribution in [2.24, 2.45) is 5.84 Å². The molecule has 0 aliphatic rings. The van der Waals surface area contributed by atoms with Crippen molar-refractivity contribution < 1.29 is 4.52 Å². The molecule has 0 saturated carbocycles. The van der Waals surface area contributed by atoms with Gasteiger partial charge < -0.3 is 9.84 Å². The van der Waals surface area contributed by atoms with Crippen LogP contribution in [0.2, 0.25) is 0 Å². The fourth-order valence-corrected chi connectivity index (χ4v) is 1.42. The Morgan fingerprint density at radius 1 is 1.25 bits per heavy atom. The lowest BCUT2D eigenvalue weighted by molar-refractivity contribution is 0.387. The Morgan fingerprint density at radius 3 is 2.85 bits per heavy atom. The Kier molecular flexibility index (Phi) is 3.16. The molecule has 3 aromatic rings. The van der Waals surface area contributed by atoms with E-state index < -0.39 is 0 Å². The van der Waals surface area contributed by atoms with Crippen LogP contribution in [0.4, 0.5) is 11.9 Å². The average molecular weight is 274 g/mol. The zero-order valence-electron chi connectivity index (χ0n) is 10.1. The first-order chi connectivity index (χ1) is 9.85. The number of aromatic nitrogens is 7. The number of nitrogen functional groups attached to an aromatic ring is 1. The van der Waals surface area contributed by atoms with E-state index in [-0.39, 0.29) is 11.9 Å². The number of hydrogen-bond donors (Lipinski definition) is 3. The Bertz CT molecular complexity index is 664. The highest BCUT2D eigenvalue weighted by molar-refractivity contribution is 5.36. The Labute approximate surface area is 112 Å². The molecule has 0 aliphatic heterocycles. The van der Waals surface area contributed by atoms with Crippen molar-refractivity contribution in [3.05, 3.63) is 30.7 Å². The van der Waals surface area contributed by atoms with Gasteiger partial charge in [-0.25, -0.2) is 10.8 Å². The Hall–Kier alpha value is -3.08. The van der Waals surface area contributed by atoms with Crippen LogP contribution in [0.25, 0.3) is 5.95 Å². The zero-order valence-corrected chi connectivity index (χ0v) is 10.1. The molecule has 0 spiro atoms. The summed E-state index contributed by atoms with van der Waals surface area (Å²) in [4.78, 5) is 16.2. The van der Waals surface area contributed by atoms with Crippen LogP contribution in [0.3, 0.4) is 0 Å². The molecule has 4 N–H and O–H groups in total. The van der Waals surface area contributed by atoms with Crippen molar-refractivity contribution in [2.45, 2.75) is 6.54 Å². The molecule has 0 aliphatic carbocycles. The lowest BCUT2D eigenvalue weighted by atomic mass is 10.4. The van der Waals surface area contributed by atoms with Gasteiger partial charge >= 0.3 is 0 Å². The highest BCUT2D eigenvalue weighted by Gasteiger charge is 2.08. The summed E-state index contributed by atoms with van der Waals surface area (Å²) in [6, 6.07) is 1.73. The number of nitrogens with zero attached hydrogens (tertiary/aromatic N) is 7. The maximum Gasteiger partial charge on any atom is 0.258 e. The molecule has 11 heteroatoms. The minimum absolute atomic E-state index is 0.200. The van der Waals surface area contributed by atoms with Crippen molar-refractivity contribution in [3.63, 3.8) is 0 Å². The summed E-state index contributed by atoms with van der Waals surface area (Å²) >= 11 is 0. The third-order valence-corrected chi connectivity index (χ3v) is 2.29. The molecule has 0 bridgehead atoms. The van der Waals surface area contributed by atoms with Gasteiger partial charge in [-0.3, -0.25) is 5.43 Å². The van der Waals surface area contributed by atoms with E-state index >= 15 is 0 Å². The minimum atomic E-state index is 0.200. The summed E-state index contributed by atoms with van der Waals surface area (Å²) in [6.45, 7) is 0.380. The lowest BCUT2D eigenvalue weighted by Crippen LogP contribution is -2.16. The van der Waals surface area contributed by atoms with Crippen molar-refractivity contribution in [3.8, 4) is 5.95 Å². The Balaban J connectivity index is 1.84. The van der Waals surface area contributed by atoms with E-state index in [1.54, 1.807) is 12.3 Å². The Morgan fingerprint density at radius 2 is 2.15 bits per heavy atom. The molecule has 0 radical (unpaired) electrons. The van der Waals surface area contributed by atoms with Crippen LogP contribution in [-0.2, 0) is 6.54 Å². The highest BCUT2D eigenvalue weighted by atomic mass is 16.5. The fraction of sp³-hybridized carbons (Fsp3) is 0.111. The van der Waals surface area contributed by atoms with E-state index in [2.05, 4.69) is 40.9 Å². The van der Waals surface area contributed by atoms with E-state index in [0.717, 1.165) is 0 Å². The summed E-state index contributed by atoms with van der Waals surface area (Å²) in [6.07, 6.45) is 4.40. The molecule has 0 atom stereocenters. The fourth-order valence-electron chi connectivity index (χ4n) is 1.42. The van der Waals surface area contributed by atoms with Gasteiger partial charge in [0, 0.05) is 6.07 Å². The second kappa shape index (κ2) is 5.27. The van der Waals surface area contributed by atoms with Crippen LogP contribution in [-0.4, -0.2) is 34.9 Å². The van der Waals surface area contributed by atoms with Gasteiger partial charge in [0.05, 0.1) is 12.7 Å². The summed E-state index contributed by atoms with van der Waals surface area (Å²) in [7, 11) is 0. The number of rotatable bonds is 5. The number of nitrogens with one attached hydrogen (secondary N) is 2. The largest absolute Gasteiger partial charge is 0.360 e. The second-order valence-electron chi connectivity index (χ2n) is 3.60. The molecule has 102 valence electrons. The van der Waals surface area contributed by atoms with Crippen LogP contribution < -0.4 is 16.6 Å². The van der Waals surface area contributed by atoms with Crippen molar-refractivity contribution in [1.82, 2.24) is 34.9 Å². The molecule has 0 unspecified atom stereocenters. The summed E-state index contributed by atoms with van der Waals surface area (Å²) in [5.74, 6) is 6.77. The van der Waals surface area contributed by atoms with Crippen LogP contribution in [0.5, 0.6) is 0 Å². The van der Waals surface area contributed by atoms with Gasteiger partial charge in [0.2, 0.25) is 11.9 Å². The maximum atomic E-state index is 5.33. The smallest absolute Gasteiger partial charge is 0.258 e. The molecular weight excluding hydrogens is 264 g/mol. The number of hydrogen-bond acceptors (Lipinski definition) is 10. The third-order valence-electron chi connectivity index (χ3n) is 2.29. The number of anilines is 2. The van der Waals surface area contributed by atoms with Gasteiger partial charge in [0.1, 0.15) is 12.7 Å². The van der Waals surface area contributed by atoms with Crippen LogP contribution in [0.15, 0.2) is 29.4 Å². The monoisotopic (exact) mass is 274 g/mol. The van der Waals surface area contributed by atoms with E-state index in [1.807, 2.05) is 0 Å². The van der Waals surface area contributed by atoms with Crippen molar-refractivity contribution >= 4 is 11.9 Å².